The van der Waals surface area contributed by atoms with Gasteiger partial charge in [0.05, 0.1) is 61.2 Å². The van der Waals surface area contributed by atoms with Gasteiger partial charge in [-0.1, -0.05) is 73.5 Å². The summed E-state index contributed by atoms with van der Waals surface area (Å²) in [6.45, 7) is 3.67. The van der Waals surface area contributed by atoms with E-state index in [0.717, 1.165) is 19.4 Å². The lowest BCUT2D eigenvalue weighted by molar-refractivity contribution is -0.156. The fourth-order valence-electron chi connectivity index (χ4n) is 10.7. The molecule has 0 radical (unpaired) electrons. The molecule has 96 heavy (non-hydrogen) atoms. The van der Waals surface area contributed by atoms with Crippen LogP contribution in [0.5, 0.6) is 0 Å². The van der Waals surface area contributed by atoms with Gasteiger partial charge >= 0.3 is 42.1 Å². The number of hydrogen-bond donors (Lipinski definition) is 4. The molecule has 34 heteroatoms. The Morgan fingerprint density at radius 2 is 1.12 bits per heavy atom. The number of nitrogens with one attached hydrogen (secondary N) is 2. The van der Waals surface area contributed by atoms with Gasteiger partial charge in [-0.3, -0.25) is 29.5 Å². The Balaban J connectivity index is 0.000000233. The van der Waals surface area contributed by atoms with Crippen LogP contribution in [0, 0.1) is 11.6 Å². The van der Waals surface area contributed by atoms with Crippen molar-refractivity contribution in [1.29, 1.82) is 0 Å². The second-order valence-corrected chi connectivity index (χ2v) is 23.9. The number of allylic oxidation sites excluding steroid dienone is 1. The number of pyridine rings is 2. The van der Waals surface area contributed by atoms with Crippen LogP contribution in [0.1, 0.15) is 95.7 Å². The molecule has 4 amide bonds. The Kier molecular flexibility index (Phi) is 26.8. The predicted octanol–water partition coefficient (Wildman–Crippen LogP) is 11.3. The molecule has 0 bridgehead atoms. The number of anilines is 2. The number of methoxy groups -OCH3 is 2. The van der Waals surface area contributed by atoms with E-state index in [2.05, 4.69) is 56.4 Å². The number of aromatic carboxylic acids is 2. The van der Waals surface area contributed by atoms with Crippen molar-refractivity contribution in [3.63, 3.8) is 0 Å². The zero-order chi connectivity index (χ0) is 66.8. The van der Waals surface area contributed by atoms with Gasteiger partial charge in [-0.2, -0.15) is 13.2 Å². The number of fused-ring (bicyclic) bond motifs is 2. The molecule has 4 fully saturated rings. The van der Waals surface area contributed by atoms with Crippen molar-refractivity contribution in [2.75, 3.05) is 75.2 Å². The summed E-state index contributed by atoms with van der Waals surface area (Å²) in [6.07, 6.45) is 3.73. The molecular weight excluding hydrogens is 1410 g/mol. The number of amides is 4. The number of rotatable bonds is 13. The lowest BCUT2D eigenvalue weighted by atomic mass is 9.95. The van der Waals surface area contributed by atoms with E-state index < -0.39 is 60.1 Å². The van der Waals surface area contributed by atoms with Gasteiger partial charge in [-0.05, 0) is 67.8 Å². The maximum Gasteiger partial charge on any atom is 0.446 e. The standard InChI is InChI=1S/C28H25ClFN7O5S.C16H12BrClFN3O2S.C13H15N3O3.C2HF3O.3CH4/c1-42-27(40)22-21(33-24(25-31-6-9-43-25)34-23(22)18-4-2-15(30)10-19(18)29)14-35-7-8-36-17(12-35)13-37(28(36)41)16-3-5-20(26(38)39)32-11-16;1-24-16(23)12-11(7-17)21-14(15-20-4-5-25-15)22-13(12)9-3-2-8(19)6-10(9)18;17-12(18)11-5-4-9(7-14-11)16-8-10-3-1-2-6-15(10)13(16)19;3-2(4,5)1-6;;;/h2-6,9-11,17,23H,7-8,12-14H2,1H3,(H,33,34)(H,38,39);2-6,13H,7H2,1H3,(H,21,22);4-5,7,10H,1-3,6,8H2,(H,17,18);1H;3*1H4/t17?,23-;13-;;;;;/m00...../s1. The maximum absolute atomic E-state index is 13.9. The summed E-state index contributed by atoms with van der Waals surface area (Å²) in [4.78, 5) is 117. The summed E-state index contributed by atoms with van der Waals surface area (Å²) in [6, 6.07) is 12.3. The number of piperazine rings is 1. The summed E-state index contributed by atoms with van der Waals surface area (Å²) < 4.78 is 68.7. The van der Waals surface area contributed by atoms with E-state index in [0.29, 0.717) is 112 Å². The van der Waals surface area contributed by atoms with Gasteiger partial charge in [0.25, 0.3) is 0 Å². The van der Waals surface area contributed by atoms with E-state index >= 15 is 0 Å². The van der Waals surface area contributed by atoms with E-state index in [4.69, 9.17) is 52.7 Å². The highest BCUT2D eigenvalue weighted by Gasteiger charge is 2.44. The molecule has 4 atom stereocenters. The molecule has 10 heterocycles. The van der Waals surface area contributed by atoms with Crippen LogP contribution in [0.15, 0.2) is 129 Å². The molecule has 4 N–H and O–H groups in total. The smallest absolute Gasteiger partial charge is 0.446 e. The lowest BCUT2D eigenvalue weighted by Crippen LogP contribution is -2.53. The SMILES string of the molecule is C.C.C.COC(=O)C1=C(CBr)NC(c2nccs2)=N[C@H]1c1ccc(F)cc1Cl.COC(=O)C1=C(CN2CCN3C(=O)N(c4ccc(C(=O)O)nc4)CC3C2)NC(c2nccs2)=N[C@H]1c1ccc(F)cc1Cl.O=C(O)c1ccc(N2CC3CCCCN3C2=O)cn1.O=CC(F)(F)F. The van der Waals surface area contributed by atoms with E-state index in [9.17, 15) is 50.7 Å². The largest absolute Gasteiger partial charge is 0.477 e. The Labute approximate surface area is 574 Å². The van der Waals surface area contributed by atoms with Crippen LogP contribution >= 0.6 is 61.8 Å². The van der Waals surface area contributed by atoms with Crippen LogP contribution in [-0.4, -0.2) is 182 Å². The van der Waals surface area contributed by atoms with E-state index in [-0.39, 0.29) is 67.4 Å². The molecule has 6 aliphatic heterocycles. The summed E-state index contributed by atoms with van der Waals surface area (Å²) in [5, 5.41) is 30.0. The van der Waals surface area contributed by atoms with Crippen molar-refractivity contribution in [1.82, 2.24) is 45.3 Å². The molecule has 0 spiro atoms. The number of carboxylic acids is 2. The number of amidine groups is 2. The van der Waals surface area contributed by atoms with Crippen molar-refractivity contribution >= 4 is 127 Å². The van der Waals surface area contributed by atoms with Crippen molar-refractivity contribution < 1.29 is 75.2 Å². The number of nitrogens with zero attached hydrogens (tertiary/aromatic N) is 11. The quantitative estimate of drug-likeness (QED) is 0.0361. The fourth-order valence-corrected chi connectivity index (χ4v) is 12.9. The summed E-state index contributed by atoms with van der Waals surface area (Å²) in [7, 11) is 2.58. The number of carboxylic acid groups (broad SMARTS) is 2. The minimum Gasteiger partial charge on any atom is -0.477 e. The Hall–Kier alpha value is -8.82. The lowest BCUT2D eigenvalue weighted by Gasteiger charge is -2.38. The number of esters is 2. The molecule has 0 saturated carbocycles. The van der Waals surface area contributed by atoms with Gasteiger partial charge in [-0.15, -0.1) is 22.7 Å². The highest BCUT2D eigenvalue weighted by atomic mass is 79.9. The van der Waals surface area contributed by atoms with Gasteiger partial charge in [0.2, 0.25) is 6.29 Å². The third-order valence-electron chi connectivity index (χ3n) is 15.0. The number of thiazole rings is 2. The third kappa shape index (κ3) is 17.8. The van der Waals surface area contributed by atoms with E-state index in [1.165, 1.54) is 104 Å². The summed E-state index contributed by atoms with van der Waals surface area (Å²) in [5.41, 5.74) is 3.73. The zero-order valence-electron chi connectivity index (χ0n) is 48.7. The summed E-state index contributed by atoms with van der Waals surface area (Å²) >= 11 is 18.8. The van der Waals surface area contributed by atoms with Gasteiger partial charge < -0.3 is 40.1 Å². The molecule has 4 saturated heterocycles. The molecule has 6 aromatic rings. The van der Waals surface area contributed by atoms with Crippen LogP contribution in [0.3, 0.4) is 0 Å². The topological polar surface area (TPSA) is 295 Å². The second kappa shape index (κ2) is 33.7. The molecule has 2 aromatic carbocycles. The highest BCUT2D eigenvalue weighted by Crippen LogP contribution is 2.39. The molecule has 512 valence electrons. The number of benzene rings is 2. The normalized spacial score (nSPS) is 18.8. The number of carbonyl (C=O) groups excluding carboxylic acids is 5. The minimum atomic E-state index is -4.64. The van der Waals surface area contributed by atoms with Crippen LogP contribution in [0.25, 0.3) is 0 Å². The van der Waals surface area contributed by atoms with Crippen LogP contribution in [0.2, 0.25) is 10.0 Å². The third-order valence-corrected chi connectivity index (χ3v) is 17.8. The molecule has 12 rings (SSSR count). The number of piperidine rings is 1. The van der Waals surface area contributed by atoms with Crippen molar-refractivity contribution in [2.24, 2.45) is 9.98 Å². The first kappa shape index (κ1) is 76.2. The number of carbonyl (C=O) groups is 7. The highest BCUT2D eigenvalue weighted by molar-refractivity contribution is 9.09. The van der Waals surface area contributed by atoms with Crippen molar-refractivity contribution in [3.05, 3.63) is 173 Å². The number of aldehydes is 1. The van der Waals surface area contributed by atoms with E-state index in [1.807, 2.05) is 15.7 Å². The number of halogens is 8. The van der Waals surface area contributed by atoms with Gasteiger partial charge in [0.15, 0.2) is 21.7 Å². The number of ether oxygens (including phenoxy) is 2. The number of hydrogen-bond acceptors (Lipinski definition) is 20. The molecule has 2 unspecified atom stereocenters. The average Bonchev–Trinajstić information content (AvgIpc) is 1.56. The van der Waals surface area contributed by atoms with Crippen LogP contribution in [-0.2, 0) is 23.9 Å². The number of urea groups is 2. The maximum atomic E-state index is 13.9. The average molecular weight is 1480 g/mol. The monoisotopic (exact) mass is 1480 g/mol. The fraction of sp³-hybridized carbons (Fsp3) is 0.339. The van der Waals surface area contributed by atoms with E-state index in [1.54, 1.807) is 39.2 Å². The molecular formula is C62H65BrCl2F5N13O11S2. The van der Waals surface area contributed by atoms with Gasteiger partial charge in [0, 0.05) is 107 Å². The first-order valence-corrected chi connectivity index (χ1v) is 31.5. The van der Waals surface area contributed by atoms with Crippen LogP contribution in [0.4, 0.5) is 42.9 Å². The van der Waals surface area contributed by atoms with Crippen molar-refractivity contribution in [3.8, 4) is 0 Å². The summed E-state index contributed by atoms with van der Waals surface area (Å²) in [5.74, 6) is -3.35. The Morgan fingerprint density at radius 1 is 0.667 bits per heavy atom. The van der Waals surface area contributed by atoms with Crippen LogP contribution < -0.4 is 20.4 Å². The molecule has 0 aliphatic carbocycles. The molecule has 24 nitrogen and oxygen atoms in total. The zero-order valence-corrected chi connectivity index (χ0v) is 53.5. The first-order valence-electron chi connectivity index (χ1n) is 27.9. The number of aliphatic imine (C=N–C) groups is 2. The second-order valence-electron chi connectivity index (χ2n) is 20.7. The Bertz CT molecular complexity index is 3930. The van der Waals surface area contributed by atoms with Gasteiger partial charge in [-0.25, -0.2) is 57.5 Å². The number of aromatic nitrogens is 4. The molecule has 4 aromatic heterocycles. The predicted molar refractivity (Wildman–Crippen MR) is 355 cm³/mol. The minimum absolute atomic E-state index is 0. The number of alkyl halides is 4. The Morgan fingerprint density at radius 3 is 1.52 bits per heavy atom. The van der Waals surface area contributed by atoms with Crippen molar-refractivity contribution in [2.45, 2.75) is 71.9 Å². The first-order chi connectivity index (χ1) is 44.5. The van der Waals surface area contributed by atoms with Gasteiger partial charge in [0.1, 0.15) is 35.1 Å². The molecule has 6 aliphatic rings.